The number of nitro groups is 1. The minimum absolute atomic E-state index is 0.0193. The molecular weight excluding hydrogens is 346 g/mol. The van der Waals surface area contributed by atoms with Gasteiger partial charge in [0.1, 0.15) is 5.75 Å². The van der Waals surface area contributed by atoms with Gasteiger partial charge in [-0.05, 0) is 54.8 Å². The molecule has 1 saturated heterocycles. The van der Waals surface area contributed by atoms with Gasteiger partial charge in [-0.2, -0.15) is 0 Å². The van der Waals surface area contributed by atoms with Crippen LogP contribution in [0.15, 0.2) is 54.6 Å². The zero-order valence-electron chi connectivity index (χ0n) is 15.1. The van der Waals surface area contributed by atoms with Crippen LogP contribution in [0.3, 0.4) is 0 Å². The molecule has 0 aromatic heterocycles. The van der Waals surface area contributed by atoms with E-state index in [0.29, 0.717) is 18.4 Å². The van der Waals surface area contributed by atoms with Gasteiger partial charge >= 0.3 is 0 Å². The summed E-state index contributed by atoms with van der Waals surface area (Å²) in [5.74, 6) is 0.691. The second-order valence-electron chi connectivity index (χ2n) is 7.11. The number of ketones is 1. The number of carbonyl (C=O) groups is 1. The number of benzene rings is 2. The van der Waals surface area contributed by atoms with Gasteiger partial charge in [0.2, 0.25) is 0 Å². The molecule has 0 spiro atoms. The highest BCUT2D eigenvalue weighted by Gasteiger charge is 2.57. The molecule has 0 radical (unpaired) electrons. The van der Waals surface area contributed by atoms with Gasteiger partial charge in [0.15, 0.2) is 11.4 Å². The quantitative estimate of drug-likeness (QED) is 0.604. The van der Waals surface area contributed by atoms with Crippen LogP contribution in [0.25, 0.3) is 5.57 Å². The van der Waals surface area contributed by atoms with Crippen LogP contribution in [0.1, 0.15) is 30.9 Å². The number of methoxy groups -OCH3 is 1. The molecule has 2 aliphatic heterocycles. The Bertz CT molecular complexity index is 948. The number of nitrogens with zero attached hydrogens (tertiary/aromatic N) is 1. The van der Waals surface area contributed by atoms with E-state index in [1.54, 1.807) is 19.2 Å². The largest absolute Gasteiger partial charge is 0.497 e. The molecule has 27 heavy (non-hydrogen) atoms. The fourth-order valence-electron chi connectivity index (χ4n) is 3.96. The van der Waals surface area contributed by atoms with Crippen LogP contribution in [0, 0.1) is 10.1 Å². The van der Waals surface area contributed by atoms with Crippen LogP contribution in [0.4, 0.5) is 5.69 Å². The van der Waals surface area contributed by atoms with Gasteiger partial charge in [0.05, 0.1) is 17.6 Å². The summed E-state index contributed by atoms with van der Waals surface area (Å²) in [4.78, 5) is 23.7. The van der Waals surface area contributed by atoms with Crippen molar-refractivity contribution in [2.75, 3.05) is 7.11 Å². The van der Waals surface area contributed by atoms with Crippen LogP contribution in [0.5, 0.6) is 5.75 Å². The van der Waals surface area contributed by atoms with Gasteiger partial charge in [-0.1, -0.05) is 12.1 Å². The Hall–Kier alpha value is -2.99. The number of hydrogen-bond acceptors (Lipinski definition) is 5. The van der Waals surface area contributed by atoms with Gasteiger partial charge in [-0.3, -0.25) is 14.9 Å². The molecule has 0 unspecified atom stereocenters. The highest BCUT2D eigenvalue weighted by atomic mass is 16.6. The van der Waals surface area contributed by atoms with Gasteiger partial charge in [0, 0.05) is 24.1 Å². The number of fused-ring (bicyclic) bond motifs is 2. The third-order valence-electron chi connectivity index (χ3n) is 5.34. The Morgan fingerprint density at radius 3 is 2.37 bits per heavy atom. The van der Waals surface area contributed by atoms with E-state index >= 15 is 0 Å². The third kappa shape index (κ3) is 2.64. The van der Waals surface area contributed by atoms with E-state index in [1.165, 1.54) is 12.1 Å². The Kier molecular flexibility index (Phi) is 3.89. The average Bonchev–Trinajstić information content (AvgIpc) is 2.96. The molecule has 1 fully saturated rings. The van der Waals surface area contributed by atoms with Gasteiger partial charge in [-0.25, -0.2) is 0 Å². The van der Waals surface area contributed by atoms with Crippen molar-refractivity contribution in [1.29, 1.82) is 0 Å². The van der Waals surface area contributed by atoms with E-state index < -0.39 is 16.1 Å². The molecule has 2 aromatic carbocycles. The number of non-ortho nitro benzene ring substituents is 1. The highest BCUT2D eigenvalue weighted by Crippen LogP contribution is 2.54. The second-order valence-corrected chi connectivity index (χ2v) is 7.11. The summed E-state index contributed by atoms with van der Waals surface area (Å²) in [6.07, 6.45) is 3.02. The molecule has 2 bridgehead atoms. The van der Waals surface area contributed by atoms with Crippen LogP contribution < -0.4 is 4.74 Å². The summed E-state index contributed by atoms with van der Waals surface area (Å²) in [6.45, 7) is 1.97. The summed E-state index contributed by atoms with van der Waals surface area (Å²) in [5.41, 5.74) is 0.455. The molecule has 2 heterocycles. The van der Waals surface area contributed by atoms with E-state index in [-0.39, 0.29) is 11.5 Å². The normalized spacial score (nSPS) is 26.6. The van der Waals surface area contributed by atoms with Crippen molar-refractivity contribution in [3.63, 3.8) is 0 Å². The first-order valence-corrected chi connectivity index (χ1v) is 8.74. The van der Waals surface area contributed by atoms with Crippen LogP contribution in [-0.4, -0.2) is 23.4 Å². The molecule has 2 aliphatic rings. The van der Waals surface area contributed by atoms with Crippen molar-refractivity contribution in [3.8, 4) is 5.75 Å². The van der Waals surface area contributed by atoms with Gasteiger partial charge in [0.25, 0.3) is 5.69 Å². The summed E-state index contributed by atoms with van der Waals surface area (Å²) >= 11 is 0. The molecule has 6 heteroatoms. The number of nitro benzene ring substituents is 1. The van der Waals surface area contributed by atoms with E-state index in [1.807, 2.05) is 37.3 Å². The fourth-order valence-corrected chi connectivity index (χ4v) is 3.96. The van der Waals surface area contributed by atoms with Crippen molar-refractivity contribution < 1.29 is 19.2 Å². The van der Waals surface area contributed by atoms with Gasteiger partial charge in [-0.15, -0.1) is 0 Å². The molecule has 0 aliphatic carbocycles. The lowest BCUT2D eigenvalue weighted by Crippen LogP contribution is -2.45. The summed E-state index contributed by atoms with van der Waals surface area (Å²) in [5, 5.41) is 11.0. The van der Waals surface area contributed by atoms with Crippen molar-refractivity contribution >= 4 is 17.0 Å². The molecule has 0 N–H and O–H groups in total. The first-order chi connectivity index (χ1) is 12.9. The van der Waals surface area contributed by atoms with E-state index in [9.17, 15) is 14.9 Å². The van der Waals surface area contributed by atoms with Crippen LogP contribution in [0.2, 0.25) is 0 Å². The SMILES string of the molecule is COc1ccc(C2=C[C@@]3(C)CCC(=O)[C@]2(c2ccc([N+](=O)[O-])cc2)O3)cc1. The monoisotopic (exact) mass is 365 g/mol. The maximum Gasteiger partial charge on any atom is 0.269 e. The number of Topliss-reactive ketones (excluding diaryl/α,β-unsaturated/α-hetero) is 1. The maximum atomic E-state index is 13.1. The smallest absolute Gasteiger partial charge is 0.269 e. The lowest BCUT2D eigenvalue weighted by molar-refractivity contribution is -0.384. The van der Waals surface area contributed by atoms with Gasteiger partial charge < -0.3 is 9.47 Å². The predicted octanol–water partition coefficient (Wildman–Crippen LogP) is 4.03. The van der Waals surface area contributed by atoms with Crippen LogP contribution >= 0.6 is 0 Å². The molecule has 0 saturated carbocycles. The van der Waals surface area contributed by atoms with Crippen molar-refractivity contribution in [2.24, 2.45) is 0 Å². The predicted molar refractivity (Wildman–Crippen MR) is 99.5 cm³/mol. The number of rotatable bonds is 4. The van der Waals surface area contributed by atoms with E-state index in [4.69, 9.17) is 9.47 Å². The minimum Gasteiger partial charge on any atom is -0.497 e. The van der Waals surface area contributed by atoms with Crippen LogP contribution in [-0.2, 0) is 15.1 Å². The summed E-state index contributed by atoms with van der Waals surface area (Å²) in [6, 6.07) is 13.5. The molecule has 0 amide bonds. The van der Waals surface area contributed by atoms with E-state index in [2.05, 4.69) is 0 Å². The summed E-state index contributed by atoms with van der Waals surface area (Å²) in [7, 11) is 1.60. The molecule has 2 aromatic rings. The lowest BCUT2D eigenvalue weighted by Gasteiger charge is -2.39. The summed E-state index contributed by atoms with van der Waals surface area (Å²) < 4.78 is 11.6. The molecule has 2 atom stereocenters. The standard InChI is InChI=1S/C21H19NO5/c1-20-12-11-19(23)21(27-20,15-5-7-16(8-6-15)22(24)25)18(13-20)14-3-9-17(26-2)10-4-14/h3-10,13H,11-12H2,1-2H3/t20-,21-/m1/s1. The zero-order valence-corrected chi connectivity index (χ0v) is 15.1. The lowest BCUT2D eigenvalue weighted by atomic mass is 9.78. The fraction of sp³-hybridized carbons (Fsp3) is 0.286. The average molecular weight is 365 g/mol. The highest BCUT2D eigenvalue weighted by molar-refractivity contribution is 6.04. The number of carbonyl (C=O) groups excluding carboxylic acids is 1. The number of ether oxygens (including phenoxy) is 2. The topological polar surface area (TPSA) is 78.7 Å². The zero-order chi connectivity index (χ0) is 19.2. The Morgan fingerprint density at radius 2 is 1.78 bits per heavy atom. The Morgan fingerprint density at radius 1 is 1.11 bits per heavy atom. The molecule has 6 nitrogen and oxygen atoms in total. The first kappa shape index (κ1) is 17.4. The number of hydrogen-bond donors (Lipinski definition) is 0. The first-order valence-electron chi connectivity index (χ1n) is 8.74. The molecule has 138 valence electrons. The van der Waals surface area contributed by atoms with Crippen molar-refractivity contribution in [3.05, 3.63) is 75.8 Å². The third-order valence-corrected chi connectivity index (χ3v) is 5.34. The van der Waals surface area contributed by atoms with Crippen molar-refractivity contribution in [2.45, 2.75) is 31.0 Å². The Labute approximate surface area is 156 Å². The second kappa shape index (κ2) is 6.03. The molecule has 4 rings (SSSR count). The molecular formula is C21H19NO5. The minimum atomic E-state index is -1.24. The maximum absolute atomic E-state index is 13.1. The van der Waals surface area contributed by atoms with Crippen molar-refractivity contribution in [1.82, 2.24) is 0 Å². The Balaban J connectivity index is 1.87. The van der Waals surface area contributed by atoms with E-state index in [0.717, 1.165) is 16.9 Å².